The lowest BCUT2D eigenvalue weighted by Gasteiger charge is -2.30. The van der Waals surface area contributed by atoms with Crippen LogP contribution in [0.1, 0.15) is 59.3 Å². The summed E-state index contributed by atoms with van der Waals surface area (Å²) in [6.07, 6.45) is 6.37. The van der Waals surface area contributed by atoms with Crippen molar-refractivity contribution in [2.75, 3.05) is 0 Å². The van der Waals surface area contributed by atoms with Gasteiger partial charge in [0.15, 0.2) is 0 Å². The lowest BCUT2D eigenvalue weighted by Crippen LogP contribution is -2.28. The van der Waals surface area contributed by atoms with Crippen molar-refractivity contribution < 1.29 is 0 Å². The van der Waals surface area contributed by atoms with Crippen molar-refractivity contribution in [2.24, 2.45) is 11.3 Å². The first-order valence-electron chi connectivity index (χ1n) is 7.58. The molecule has 6 nitrogen and oxygen atoms in total. The first-order chi connectivity index (χ1) is 9.81. The van der Waals surface area contributed by atoms with Gasteiger partial charge in [0.1, 0.15) is 0 Å². The summed E-state index contributed by atoms with van der Waals surface area (Å²) in [5.41, 5.74) is 1.05. The molecule has 0 bridgehead atoms. The first-order valence-corrected chi connectivity index (χ1v) is 7.58. The second kappa shape index (κ2) is 5.95. The summed E-state index contributed by atoms with van der Waals surface area (Å²) >= 11 is 0. The summed E-state index contributed by atoms with van der Waals surface area (Å²) < 4.78 is 1.90. The second-order valence-corrected chi connectivity index (χ2v) is 6.87. The molecule has 2 aromatic heterocycles. The maximum Gasteiger partial charge on any atom is 0.0833 e. The minimum absolute atomic E-state index is 0.0234. The van der Waals surface area contributed by atoms with Crippen LogP contribution in [0.4, 0.5) is 0 Å². The lowest BCUT2D eigenvalue weighted by atomic mass is 9.81. The van der Waals surface area contributed by atoms with Gasteiger partial charge in [-0.1, -0.05) is 32.9 Å². The fourth-order valence-electron chi connectivity index (χ4n) is 2.25. The fourth-order valence-corrected chi connectivity index (χ4v) is 2.25. The Kier molecular flexibility index (Phi) is 4.44. The van der Waals surface area contributed by atoms with Crippen LogP contribution >= 0.6 is 0 Å². The molecule has 2 heterocycles. The molecule has 0 saturated carbocycles. The topological polar surface area (TPSA) is 61.4 Å². The van der Waals surface area contributed by atoms with Crippen molar-refractivity contribution >= 4 is 0 Å². The predicted octanol–water partition coefficient (Wildman–Crippen LogP) is 2.92. The van der Waals surface area contributed by atoms with Gasteiger partial charge in [0.25, 0.3) is 0 Å². The van der Waals surface area contributed by atoms with Gasteiger partial charge >= 0.3 is 0 Å². The predicted molar refractivity (Wildman–Crippen MR) is 81.8 cm³/mol. The van der Waals surface area contributed by atoms with Crippen molar-refractivity contribution in [2.45, 2.75) is 60.0 Å². The van der Waals surface area contributed by atoms with Gasteiger partial charge in [-0.3, -0.25) is 0 Å². The van der Waals surface area contributed by atoms with E-state index >= 15 is 0 Å². The van der Waals surface area contributed by atoms with E-state index in [0.29, 0.717) is 12.0 Å². The third kappa shape index (κ3) is 3.49. The Labute approximate surface area is 126 Å². The molecule has 0 fully saturated rings. The molecule has 0 aliphatic carbocycles. The van der Waals surface area contributed by atoms with E-state index in [2.05, 4.69) is 62.1 Å². The van der Waals surface area contributed by atoms with Crippen LogP contribution in [0.15, 0.2) is 18.6 Å². The van der Waals surface area contributed by atoms with Crippen molar-refractivity contribution in [3.8, 4) is 0 Å². The van der Waals surface area contributed by atoms with Crippen molar-refractivity contribution in [3.63, 3.8) is 0 Å². The van der Waals surface area contributed by atoms with Gasteiger partial charge in [-0.05, 0) is 25.2 Å². The Balaban J connectivity index is 2.10. The highest BCUT2D eigenvalue weighted by atomic mass is 15.5. The lowest BCUT2D eigenvalue weighted by molar-refractivity contribution is 0.210. The molecule has 0 aromatic carbocycles. The van der Waals surface area contributed by atoms with Gasteiger partial charge in [0, 0.05) is 12.6 Å². The van der Waals surface area contributed by atoms with Crippen molar-refractivity contribution in [3.05, 3.63) is 24.3 Å². The monoisotopic (exact) mass is 290 g/mol. The normalized spacial score (nSPS) is 15.4. The van der Waals surface area contributed by atoms with Crippen molar-refractivity contribution in [1.82, 2.24) is 30.0 Å². The van der Waals surface area contributed by atoms with Gasteiger partial charge < -0.3 is 0 Å². The Hall–Kier alpha value is -1.72. The van der Waals surface area contributed by atoms with Crippen LogP contribution in [0.2, 0.25) is 0 Å². The average molecular weight is 290 g/mol. The molecule has 2 aromatic rings. The molecule has 0 aliphatic rings. The first kappa shape index (κ1) is 15.7. The highest BCUT2D eigenvalue weighted by Crippen LogP contribution is 2.33. The van der Waals surface area contributed by atoms with Crippen LogP contribution < -0.4 is 0 Å². The van der Waals surface area contributed by atoms with Crippen LogP contribution in [0, 0.1) is 11.3 Å². The molecular formula is C15H26N6. The largest absolute Gasteiger partial charge is 0.249 e. The Bertz CT molecular complexity index is 554. The Morgan fingerprint density at radius 3 is 2.48 bits per heavy atom. The Morgan fingerprint density at radius 2 is 1.90 bits per heavy atom. The number of nitrogens with zero attached hydrogens (tertiary/aromatic N) is 6. The highest BCUT2D eigenvalue weighted by molar-refractivity contribution is 4.99. The number of aromatic nitrogens is 6. The van der Waals surface area contributed by atoms with Crippen LogP contribution in [0.3, 0.4) is 0 Å². The van der Waals surface area contributed by atoms with Gasteiger partial charge in [0.2, 0.25) is 0 Å². The quantitative estimate of drug-likeness (QED) is 0.820. The van der Waals surface area contributed by atoms with E-state index in [9.17, 15) is 0 Å². The minimum atomic E-state index is 0.0234. The molecular weight excluding hydrogens is 264 g/mol. The standard InChI is InChI=1S/C15H26N6/c1-11(2)12(3)21-17-10-14(18-21)9-15(5,6)13(4)20-8-7-16-19-20/h7-8,10-13H,9H2,1-6H3/t12?,13-/m1/s1. The third-order valence-electron chi connectivity index (χ3n) is 4.49. The van der Waals surface area contributed by atoms with E-state index in [1.807, 2.05) is 21.9 Å². The molecule has 21 heavy (non-hydrogen) atoms. The molecule has 1 unspecified atom stereocenters. The van der Waals surface area contributed by atoms with E-state index in [4.69, 9.17) is 0 Å². The summed E-state index contributed by atoms with van der Waals surface area (Å²) in [5, 5.41) is 17.1. The maximum atomic E-state index is 4.64. The summed E-state index contributed by atoms with van der Waals surface area (Å²) in [6, 6.07) is 0.558. The van der Waals surface area contributed by atoms with Gasteiger partial charge in [-0.25, -0.2) is 4.68 Å². The number of rotatable bonds is 6. The van der Waals surface area contributed by atoms with E-state index < -0.39 is 0 Å². The molecule has 0 saturated heterocycles. The molecule has 0 amide bonds. The summed E-state index contributed by atoms with van der Waals surface area (Å²) in [6.45, 7) is 13.1. The van der Waals surface area contributed by atoms with Crippen LogP contribution in [-0.4, -0.2) is 30.0 Å². The molecule has 0 aliphatic heterocycles. The van der Waals surface area contributed by atoms with E-state index in [1.165, 1.54) is 0 Å². The molecule has 0 N–H and O–H groups in total. The van der Waals surface area contributed by atoms with E-state index in [1.54, 1.807) is 6.20 Å². The number of hydrogen-bond acceptors (Lipinski definition) is 4. The zero-order valence-corrected chi connectivity index (χ0v) is 13.9. The Morgan fingerprint density at radius 1 is 1.19 bits per heavy atom. The molecule has 0 radical (unpaired) electrons. The smallest absolute Gasteiger partial charge is 0.0833 e. The van der Waals surface area contributed by atoms with E-state index in [-0.39, 0.29) is 11.5 Å². The van der Waals surface area contributed by atoms with E-state index in [0.717, 1.165) is 12.1 Å². The van der Waals surface area contributed by atoms with Crippen LogP contribution in [-0.2, 0) is 6.42 Å². The summed E-state index contributed by atoms with van der Waals surface area (Å²) in [5.74, 6) is 0.521. The SMILES string of the molecule is CC(C)C(C)n1ncc(CC(C)(C)[C@@H](C)n2ccnn2)n1. The highest BCUT2D eigenvalue weighted by Gasteiger charge is 2.29. The van der Waals surface area contributed by atoms with Gasteiger partial charge in [-0.15, -0.1) is 5.10 Å². The molecule has 116 valence electrons. The number of hydrogen-bond donors (Lipinski definition) is 0. The minimum Gasteiger partial charge on any atom is -0.249 e. The fraction of sp³-hybridized carbons (Fsp3) is 0.733. The second-order valence-electron chi connectivity index (χ2n) is 6.87. The average Bonchev–Trinajstić information content (AvgIpc) is 3.07. The molecule has 6 heteroatoms. The van der Waals surface area contributed by atoms with Crippen molar-refractivity contribution in [1.29, 1.82) is 0 Å². The molecule has 2 rings (SSSR count). The maximum absolute atomic E-state index is 4.64. The zero-order valence-electron chi connectivity index (χ0n) is 13.9. The third-order valence-corrected chi connectivity index (χ3v) is 4.49. The molecule has 0 spiro atoms. The zero-order chi connectivity index (χ0) is 15.6. The van der Waals surface area contributed by atoms with Crippen LogP contribution in [0.5, 0.6) is 0 Å². The summed E-state index contributed by atoms with van der Waals surface area (Å²) in [4.78, 5) is 1.83. The van der Waals surface area contributed by atoms with Crippen LogP contribution in [0.25, 0.3) is 0 Å². The summed E-state index contributed by atoms with van der Waals surface area (Å²) in [7, 11) is 0. The molecule has 2 atom stereocenters. The van der Waals surface area contributed by atoms with Gasteiger partial charge in [0.05, 0.1) is 30.2 Å². The van der Waals surface area contributed by atoms with Gasteiger partial charge in [-0.2, -0.15) is 15.0 Å².